The van der Waals surface area contributed by atoms with E-state index in [9.17, 15) is 0 Å². The molecule has 4 heteroatoms. The van der Waals surface area contributed by atoms with E-state index in [1.54, 1.807) is 0 Å². The summed E-state index contributed by atoms with van der Waals surface area (Å²) in [5, 5.41) is 29.8. The van der Waals surface area contributed by atoms with Crippen molar-refractivity contribution in [3.05, 3.63) is 0 Å². The second kappa shape index (κ2) is 2.84. The summed E-state index contributed by atoms with van der Waals surface area (Å²) in [6, 6.07) is 0. The Morgan fingerprint density at radius 2 is 1.80 bits per heavy atom. The lowest BCUT2D eigenvalue weighted by Crippen LogP contribution is -2.56. The fourth-order valence-corrected chi connectivity index (χ4v) is 1.07. The standard InChI is InChI=1S/C6H13NO3/c1-3-2-7-6(10)5(9)4(3)8/h3-10H,2H2,1H3/t3-,4+,5-,6+/m0/s1. The summed E-state index contributed by atoms with van der Waals surface area (Å²) in [7, 11) is 0. The van der Waals surface area contributed by atoms with E-state index in [1.165, 1.54) is 0 Å². The van der Waals surface area contributed by atoms with E-state index < -0.39 is 18.4 Å². The van der Waals surface area contributed by atoms with Gasteiger partial charge in [0, 0.05) is 6.54 Å². The van der Waals surface area contributed by atoms with Crippen molar-refractivity contribution in [1.29, 1.82) is 0 Å². The van der Waals surface area contributed by atoms with Crippen molar-refractivity contribution in [2.45, 2.75) is 25.4 Å². The van der Waals surface area contributed by atoms with Gasteiger partial charge in [-0.05, 0) is 5.92 Å². The number of aliphatic hydroxyl groups is 3. The van der Waals surface area contributed by atoms with Crippen molar-refractivity contribution in [2.75, 3.05) is 6.54 Å². The van der Waals surface area contributed by atoms with Crippen LogP contribution in [0.1, 0.15) is 6.92 Å². The molecular weight excluding hydrogens is 134 g/mol. The van der Waals surface area contributed by atoms with Crippen LogP contribution < -0.4 is 5.32 Å². The Morgan fingerprint density at radius 3 is 2.30 bits per heavy atom. The molecule has 0 unspecified atom stereocenters. The maximum Gasteiger partial charge on any atom is 0.133 e. The fraction of sp³-hybridized carbons (Fsp3) is 1.00. The Balaban J connectivity index is 2.52. The second-order valence-corrected chi connectivity index (χ2v) is 2.81. The lowest BCUT2D eigenvalue weighted by atomic mass is 9.95. The van der Waals surface area contributed by atoms with Gasteiger partial charge in [-0.3, -0.25) is 5.32 Å². The fourth-order valence-electron chi connectivity index (χ4n) is 1.07. The molecule has 1 aliphatic heterocycles. The number of piperidine rings is 1. The molecule has 0 aromatic rings. The van der Waals surface area contributed by atoms with Crippen molar-refractivity contribution in [1.82, 2.24) is 5.32 Å². The minimum Gasteiger partial charge on any atom is -0.390 e. The molecule has 1 saturated heterocycles. The minimum absolute atomic E-state index is 0.00148. The highest BCUT2D eigenvalue weighted by Crippen LogP contribution is 2.13. The summed E-state index contributed by atoms with van der Waals surface area (Å²) in [5.74, 6) is -0.00148. The summed E-state index contributed by atoms with van der Waals surface area (Å²) >= 11 is 0. The van der Waals surface area contributed by atoms with Gasteiger partial charge in [-0.25, -0.2) is 0 Å². The van der Waals surface area contributed by atoms with Crippen LogP contribution in [0.3, 0.4) is 0 Å². The van der Waals surface area contributed by atoms with Gasteiger partial charge in [0.2, 0.25) is 0 Å². The van der Waals surface area contributed by atoms with Crippen molar-refractivity contribution < 1.29 is 15.3 Å². The van der Waals surface area contributed by atoms with Crippen molar-refractivity contribution in [3.63, 3.8) is 0 Å². The summed E-state index contributed by atoms with van der Waals surface area (Å²) in [6.07, 6.45) is -2.84. The first-order chi connectivity index (χ1) is 4.63. The quantitative estimate of drug-likeness (QED) is 0.328. The molecule has 0 amide bonds. The minimum atomic E-state index is -1.05. The second-order valence-electron chi connectivity index (χ2n) is 2.81. The first kappa shape index (κ1) is 7.94. The molecule has 0 aromatic heterocycles. The molecule has 0 spiro atoms. The van der Waals surface area contributed by atoms with Crippen molar-refractivity contribution in [2.24, 2.45) is 5.92 Å². The smallest absolute Gasteiger partial charge is 0.133 e. The molecule has 0 bridgehead atoms. The molecule has 4 N–H and O–H groups in total. The molecule has 1 rings (SSSR count). The molecule has 10 heavy (non-hydrogen) atoms. The maximum absolute atomic E-state index is 9.17. The monoisotopic (exact) mass is 147 g/mol. The molecule has 1 heterocycles. The zero-order chi connectivity index (χ0) is 7.72. The zero-order valence-electron chi connectivity index (χ0n) is 5.86. The van der Waals surface area contributed by atoms with Crippen molar-refractivity contribution in [3.8, 4) is 0 Å². The van der Waals surface area contributed by atoms with Gasteiger partial charge in [0.1, 0.15) is 12.3 Å². The van der Waals surface area contributed by atoms with Gasteiger partial charge in [0.25, 0.3) is 0 Å². The molecule has 4 atom stereocenters. The van der Waals surface area contributed by atoms with Crippen LogP contribution in [-0.2, 0) is 0 Å². The SMILES string of the molecule is C[C@H]1CN[C@H](O)[C@@H](O)[C@@H]1O. The van der Waals surface area contributed by atoms with E-state index >= 15 is 0 Å². The molecule has 0 saturated carbocycles. The molecule has 1 fully saturated rings. The van der Waals surface area contributed by atoms with Crippen LogP contribution in [0.5, 0.6) is 0 Å². The summed E-state index contributed by atoms with van der Waals surface area (Å²) in [4.78, 5) is 0. The average Bonchev–Trinajstić information content (AvgIpc) is 1.93. The molecule has 1 aliphatic rings. The van der Waals surface area contributed by atoms with Crippen LogP contribution in [0.2, 0.25) is 0 Å². The Hall–Kier alpha value is -0.160. The summed E-state index contributed by atoms with van der Waals surface area (Å²) in [6.45, 7) is 2.35. The van der Waals surface area contributed by atoms with Gasteiger partial charge in [0.15, 0.2) is 0 Å². The highest BCUT2D eigenvalue weighted by atomic mass is 16.4. The number of rotatable bonds is 0. The first-order valence-electron chi connectivity index (χ1n) is 3.40. The summed E-state index contributed by atoms with van der Waals surface area (Å²) < 4.78 is 0. The number of hydrogen-bond donors (Lipinski definition) is 4. The highest BCUT2D eigenvalue weighted by molar-refractivity contribution is 4.84. The van der Waals surface area contributed by atoms with Gasteiger partial charge >= 0.3 is 0 Å². The topological polar surface area (TPSA) is 72.7 Å². The van der Waals surface area contributed by atoms with Crippen LogP contribution in [0.25, 0.3) is 0 Å². The Labute approximate surface area is 59.5 Å². The number of nitrogens with one attached hydrogen (secondary N) is 1. The largest absolute Gasteiger partial charge is 0.390 e. The zero-order valence-corrected chi connectivity index (χ0v) is 5.86. The molecule has 4 nitrogen and oxygen atoms in total. The van der Waals surface area contributed by atoms with Crippen LogP contribution in [0, 0.1) is 5.92 Å². The first-order valence-corrected chi connectivity index (χ1v) is 3.40. The third-order valence-corrected chi connectivity index (χ3v) is 1.91. The van der Waals surface area contributed by atoms with E-state index in [4.69, 9.17) is 15.3 Å². The molecule has 0 aliphatic carbocycles. The predicted molar refractivity (Wildman–Crippen MR) is 35.2 cm³/mol. The van der Waals surface area contributed by atoms with Crippen molar-refractivity contribution >= 4 is 0 Å². The molecule has 60 valence electrons. The number of aliphatic hydroxyl groups excluding tert-OH is 3. The van der Waals surface area contributed by atoms with Crippen LogP contribution in [0.4, 0.5) is 0 Å². The third-order valence-electron chi connectivity index (χ3n) is 1.91. The molecular formula is C6H13NO3. The van der Waals surface area contributed by atoms with E-state index in [-0.39, 0.29) is 5.92 Å². The maximum atomic E-state index is 9.17. The third kappa shape index (κ3) is 1.29. The predicted octanol–water partition coefficient (Wildman–Crippen LogP) is -1.73. The van der Waals surface area contributed by atoms with Gasteiger partial charge in [-0.15, -0.1) is 0 Å². The summed E-state index contributed by atoms with van der Waals surface area (Å²) in [5.41, 5.74) is 0. The van der Waals surface area contributed by atoms with Crippen LogP contribution in [0.15, 0.2) is 0 Å². The van der Waals surface area contributed by atoms with Crippen LogP contribution in [-0.4, -0.2) is 40.3 Å². The van der Waals surface area contributed by atoms with Crippen LogP contribution >= 0.6 is 0 Å². The van der Waals surface area contributed by atoms with Gasteiger partial charge < -0.3 is 15.3 Å². The van der Waals surface area contributed by atoms with E-state index in [0.717, 1.165) is 0 Å². The Morgan fingerprint density at radius 1 is 1.20 bits per heavy atom. The Kier molecular flexibility index (Phi) is 2.25. The van der Waals surface area contributed by atoms with Gasteiger partial charge in [-0.1, -0.05) is 6.92 Å². The van der Waals surface area contributed by atoms with E-state index in [1.807, 2.05) is 6.92 Å². The number of hydrogen-bond acceptors (Lipinski definition) is 4. The lowest BCUT2D eigenvalue weighted by Gasteiger charge is -2.33. The van der Waals surface area contributed by atoms with E-state index in [0.29, 0.717) is 6.54 Å². The normalized spacial score (nSPS) is 49.2. The Bertz CT molecular complexity index is 106. The van der Waals surface area contributed by atoms with E-state index in [2.05, 4.69) is 5.32 Å². The average molecular weight is 147 g/mol. The lowest BCUT2D eigenvalue weighted by molar-refractivity contribution is -0.113. The molecule has 0 aromatic carbocycles. The van der Waals surface area contributed by atoms with Gasteiger partial charge in [-0.2, -0.15) is 0 Å². The molecule has 0 radical (unpaired) electrons. The highest BCUT2D eigenvalue weighted by Gasteiger charge is 2.33. The van der Waals surface area contributed by atoms with Gasteiger partial charge in [0.05, 0.1) is 6.10 Å².